The number of carbonyl (C=O) groups excluding carboxylic acids is 2. The lowest BCUT2D eigenvalue weighted by Gasteiger charge is -2.22. The van der Waals surface area contributed by atoms with Gasteiger partial charge in [0.1, 0.15) is 0 Å². The van der Waals surface area contributed by atoms with Gasteiger partial charge in [0, 0.05) is 12.8 Å². The fraction of sp³-hybridized carbons (Fsp3) is 0.945. The van der Waals surface area contributed by atoms with Gasteiger partial charge in [-0.3, -0.25) is 9.59 Å². The molecule has 0 aromatic rings. The highest BCUT2D eigenvalue weighted by Crippen LogP contribution is 2.19. The van der Waals surface area contributed by atoms with Crippen molar-refractivity contribution in [2.45, 2.75) is 431 Å². The average Bonchev–Trinajstić information content (AvgIpc) is 3.45. The molecule has 0 bridgehead atoms. The molecule has 0 rings (SSSR count). The second-order valence-corrected chi connectivity index (χ2v) is 25.3. The molecule has 6 heteroatoms. The molecule has 0 saturated carbocycles. The van der Waals surface area contributed by atoms with E-state index in [1.165, 1.54) is 347 Å². The van der Waals surface area contributed by atoms with Crippen molar-refractivity contribution in [3.8, 4) is 0 Å². The van der Waals surface area contributed by atoms with Gasteiger partial charge in [-0.25, -0.2) is 0 Å². The first-order valence-corrected chi connectivity index (χ1v) is 36.4. The van der Waals surface area contributed by atoms with E-state index in [1.54, 1.807) is 0 Å². The average molecular weight is 1110 g/mol. The molecule has 0 heterocycles. The molecule has 0 fully saturated rings. The first-order chi connectivity index (χ1) is 39.0. The van der Waals surface area contributed by atoms with Crippen LogP contribution >= 0.6 is 0 Å². The summed E-state index contributed by atoms with van der Waals surface area (Å²) in [5, 5.41) is 23.4. The lowest BCUT2D eigenvalue weighted by atomic mass is 10.0. The van der Waals surface area contributed by atoms with Crippen molar-refractivity contribution in [3.05, 3.63) is 12.2 Å². The van der Waals surface area contributed by atoms with Crippen LogP contribution in [0.25, 0.3) is 0 Å². The summed E-state index contributed by atoms with van der Waals surface area (Å²) in [6, 6.07) is -0.544. The molecule has 470 valence electrons. The number of amides is 1. The summed E-state index contributed by atoms with van der Waals surface area (Å²) in [6.07, 6.45) is 85.5. The van der Waals surface area contributed by atoms with Crippen LogP contribution in [0.5, 0.6) is 0 Å². The molecule has 0 aromatic heterocycles. The molecule has 2 atom stereocenters. The van der Waals surface area contributed by atoms with E-state index in [9.17, 15) is 19.8 Å². The minimum atomic E-state index is -0.667. The molecule has 0 radical (unpaired) electrons. The van der Waals surface area contributed by atoms with E-state index < -0.39 is 12.1 Å². The molecule has 0 spiro atoms. The van der Waals surface area contributed by atoms with Crippen molar-refractivity contribution < 1.29 is 24.5 Å². The van der Waals surface area contributed by atoms with E-state index in [0.29, 0.717) is 25.9 Å². The van der Waals surface area contributed by atoms with Crippen LogP contribution in [0.1, 0.15) is 418 Å². The zero-order chi connectivity index (χ0) is 57.1. The number of hydrogen-bond acceptors (Lipinski definition) is 5. The van der Waals surface area contributed by atoms with Gasteiger partial charge in [-0.1, -0.05) is 366 Å². The van der Waals surface area contributed by atoms with Crippen molar-refractivity contribution >= 4 is 11.9 Å². The van der Waals surface area contributed by atoms with E-state index in [1.807, 2.05) is 0 Å². The molecule has 0 aliphatic rings. The van der Waals surface area contributed by atoms with Gasteiger partial charge >= 0.3 is 5.97 Å². The highest BCUT2D eigenvalue weighted by atomic mass is 16.5. The molecule has 0 aliphatic heterocycles. The fourth-order valence-corrected chi connectivity index (χ4v) is 11.8. The summed E-state index contributed by atoms with van der Waals surface area (Å²) < 4.78 is 5.50. The highest BCUT2D eigenvalue weighted by molar-refractivity contribution is 5.76. The molecule has 3 N–H and O–H groups in total. The largest absolute Gasteiger partial charge is 0.466 e. The Labute approximate surface area is 495 Å². The second kappa shape index (κ2) is 69.1. The van der Waals surface area contributed by atoms with Crippen LogP contribution in [0, 0.1) is 0 Å². The number of unbranched alkanes of at least 4 members (excludes halogenated alkanes) is 56. The molecule has 0 aromatic carbocycles. The number of hydrogen-bond donors (Lipinski definition) is 3. The fourth-order valence-electron chi connectivity index (χ4n) is 11.8. The zero-order valence-corrected chi connectivity index (χ0v) is 53.9. The zero-order valence-electron chi connectivity index (χ0n) is 53.9. The van der Waals surface area contributed by atoms with Crippen molar-refractivity contribution in [1.82, 2.24) is 5.32 Å². The van der Waals surface area contributed by atoms with Gasteiger partial charge in [-0.15, -0.1) is 0 Å². The molecular weight excluding hydrogens is 971 g/mol. The Morgan fingerprint density at radius 1 is 0.342 bits per heavy atom. The van der Waals surface area contributed by atoms with E-state index in [2.05, 4.69) is 31.3 Å². The van der Waals surface area contributed by atoms with Crippen LogP contribution in [-0.4, -0.2) is 47.4 Å². The Morgan fingerprint density at radius 2 is 0.595 bits per heavy atom. The summed E-state index contributed by atoms with van der Waals surface area (Å²) in [7, 11) is 0. The highest BCUT2D eigenvalue weighted by Gasteiger charge is 2.20. The minimum Gasteiger partial charge on any atom is -0.466 e. The number of esters is 1. The predicted octanol–water partition coefficient (Wildman–Crippen LogP) is 23.5. The van der Waals surface area contributed by atoms with Gasteiger partial charge in [0.2, 0.25) is 5.91 Å². The quantitative estimate of drug-likeness (QED) is 0.0320. The molecular formula is C73H143NO5. The Hall–Kier alpha value is -1.40. The number of rotatable bonds is 69. The van der Waals surface area contributed by atoms with Gasteiger partial charge in [0.05, 0.1) is 25.4 Å². The summed E-state index contributed by atoms with van der Waals surface area (Å²) in [5.74, 6) is -0.0152. The van der Waals surface area contributed by atoms with Crippen molar-refractivity contribution in [2.75, 3.05) is 13.2 Å². The lowest BCUT2D eigenvalue weighted by Crippen LogP contribution is -2.45. The summed E-state index contributed by atoms with van der Waals surface area (Å²) >= 11 is 0. The minimum absolute atomic E-state index is 0.0176. The third-order valence-corrected chi connectivity index (χ3v) is 17.3. The van der Waals surface area contributed by atoms with Crippen LogP contribution in [0.3, 0.4) is 0 Å². The number of allylic oxidation sites excluding steroid dienone is 2. The van der Waals surface area contributed by atoms with Crippen LogP contribution in [0.15, 0.2) is 12.2 Å². The van der Waals surface area contributed by atoms with Gasteiger partial charge in [0.15, 0.2) is 0 Å². The van der Waals surface area contributed by atoms with Gasteiger partial charge in [0.25, 0.3) is 0 Å². The predicted molar refractivity (Wildman–Crippen MR) is 347 cm³/mol. The summed E-state index contributed by atoms with van der Waals surface area (Å²) in [5.41, 5.74) is 0. The standard InChI is InChI=1S/C73H143NO5/c1-3-5-7-9-11-13-15-17-19-20-21-22-28-31-34-38-41-45-49-53-57-61-65-71(76)70(69-75)74-72(77)66-62-58-54-50-46-42-39-35-32-29-26-24-23-25-27-30-33-36-40-44-48-52-56-60-64-68-79-73(78)67-63-59-55-51-47-43-37-18-16-14-12-10-8-6-4-2/h24,26,70-71,75-76H,3-23,25,27-69H2,1-2H3,(H,74,77)/b26-24-. The SMILES string of the molecule is CCCCCCCCCCCCCCCCCCCCCCCCC(O)C(CO)NC(=O)CCCCCCCCCCC/C=C\CCCCCCCCCCCCCCOC(=O)CCCCCCCCCCCCCCCCC. The van der Waals surface area contributed by atoms with Gasteiger partial charge in [-0.2, -0.15) is 0 Å². The van der Waals surface area contributed by atoms with E-state index in [-0.39, 0.29) is 18.5 Å². The topological polar surface area (TPSA) is 95.9 Å². The summed E-state index contributed by atoms with van der Waals surface area (Å²) in [4.78, 5) is 24.6. The van der Waals surface area contributed by atoms with E-state index in [0.717, 1.165) is 38.5 Å². The number of aliphatic hydroxyl groups is 2. The van der Waals surface area contributed by atoms with Crippen LogP contribution in [0.4, 0.5) is 0 Å². The molecule has 1 amide bonds. The number of aliphatic hydroxyl groups excluding tert-OH is 2. The monoisotopic (exact) mass is 1110 g/mol. The molecule has 79 heavy (non-hydrogen) atoms. The van der Waals surface area contributed by atoms with Crippen molar-refractivity contribution in [1.29, 1.82) is 0 Å². The second-order valence-electron chi connectivity index (χ2n) is 25.3. The van der Waals surface area contributed by atoms with E-state index in [4.69, 9.17) is 4.74 Å². The van der Waals surface area contributed by atoms with Crippen LogP contribution < -0.4 is 5.32 Å². The normalized spacial score (nSPS) is 12.5. The third kappa shape index (κ3) is 65.6. The lowest BCUT2D eigenvalue weighted by molar-refractivity contribution is -0.143. The van der Waals surface area contributed by atoms with E-state index >= 15 is 0 Å². The van der Waals surface area contributed by atoms with Crippen LogP contribution in [-0.2, 0) is 14.3 Å². The maximum atomic E-state index is 12.6. The molecule has 0 aliphatic carbocycles. The maximum absolute atomic E-state index is 12.6. The number of nitrogens with one attached hydrogen (secondary N) is 1. The maximum Gasteiger partial charge on any atom is 0.305 e. The van der Waals surface area contributed by atoms with Crippen LogP contribution in [0.2, 0.25) is 0 Å². The first kappa shape index (κ1) is 77.6. The molecule has 0 saturated heterocycles. The smallest absolute Gasteiger partial charge is 0.305 e. The Kier molecular flexibility index (Phi) is 67.9. The van der Waals surface area contributed by atoms with Crippen molar-refractivity contribution in [2.24, 2.45) is 0 Å². The number of ether oxygens (including phenoxy) is 1. The molecule has 6 nitrogen and oxygen atoms in total. The number of carbonyl (C=O) groups is 2. The first-order valence-electron chi connectivity index (χ1n) is 36.4. The summed E-state index contributed by atoms with van der Waals surface area (Å²) in [6.45, 7) is 5.00. The Balaban J connectivity index is 3.38. The molecule has 2 unspecified atom stereocenters. The van der Waals surface area contributed by atoms with Crippen molar-refractivity contribution in [3.63, 3.8) is 0 Å². The Bertz CT molecular complexity index is 1190. The third-order valence-electron chi connectivity index (χ3n) is 17.3. The van der Waals surface area contributed by atoms with Gasteiger partial charge < -0.3 is 20.3 Å². The van der Waals surface area contributed by atoms with Gasteiger partial charge in [-0.05, 0) is 51.4 Å². The Morgan fingerprint density at radius 3 is 0.899 bits per heavy atom.